The van der Waals surface area contributed by atoms with Crippen molar-refractivity contribution in [2.24, 2.45) is 0 Å². The van der Waals surface area contributed by atoms with Crippen molar-refractivity contribution in [3.8, 4) is 11.6 Å². The summed E-state index contributed by atoms with van der Waals surface area (Å²) < 4.78 is 18.5. The van der Waals surface area contributed by atoms with Gasteiger partial charge in [-0.25, -0.2) is 9.37 Å². The molecule has 1 heterocycles. The Morgan fingerprint density at radius 3 is 2.60 bits per heavy atom. The molecule has 2 radical (unpaired) electrons. The monoisotopic (exact) mass is 199 g/mol. The average Bonchev–Trinajstić information content (AvgIpc) is 2.24. The van der Waals surface area contributed by atoms with Crippen molar-refractivity contribution >= 4 is 13.3 Å². The van der Waals surface area contributed by atoms with Crippen LogP contribution in [0.3, 0.4) is 0 Å². The van der Waals surface area contributed by atoms with E-state index in [0.29, 0.717) is 5.75 Å². The number of ether oxygens (including phenoxy) is 1. The molecule has 0 aliphatic heterocycles. The minimum atomic E-state index is -0.571. The van der Waals surface area contributed by atoms with E-state index in [1.807, 2.05) is 6.07 Å². The van der Waals surface area contributed by atoms with Crippen LogP contribution in [0.1, 0.15) is 0 Å². The fraction of sp³-hybridized carbons (Fsp3) is 0. The van der Waals surface area contributed by atoms with Crippen LogP contribution in [0.15, 0.2) is 42.6 Å². The summed E-state index contributed by atoms with van der Waals surface area (Å²) in [7, 11) is 5.36. The van der Waals surface area contributed by atoms with Gasteiger partial charge in [0.05, 0.1) is 0 Å². The fourth-order valence-corrected chi connectivity index (χ4v) is 1.12. The summed E-state index contributed by atoms with van der Waals surface area (Å²) in [6.45, 7) is 0. The molecule has 0 amide bonds. The summed E-state index contributed by atoms with van der Waals surface area (Å²) in [6, 6.07) is 10.1. The number of pyridine rings is 1. The summed E-state index contributed by atoms with van der Waals surface area (Å²) in [5, 5.41) is 0. The molecule has 0 unspecified atom stereocenters. The number of hydrogen-bond acceptors (Lipinski definition) is 2. The molecule has 0 aliphatic carbocycles. The van der Waals surface area contributed by atoms with Gasteiger partial charge in [0.15, 0.2) is 5.82 Å². The zero-order valence-electron chi connectivity index (χ0n) is 7.85. The number of aromatic nitrogens is 1. The van der Waals surface area contributed by atoms with Crippen molar-refractivity contribution in [2.45, 2.75) is 0 Å². The molecule has 15 heavy (non-hydrogen) atoms. The lowest BCUT2D eigenvalue weighted by Gasteiger charge is -2.05. The molecule has 2 nitrogen and oxygen atoms in total. The van der Waals surface area contributed by atoms with Crippen molar-refractivity contribution in [1.82, 2.24) is 4.98 Å². The standard InChI is InChI=1S/C11H7BFNO/c12-8-6-10(13)11(14-7-8)15-9-4-2-1-3-5-9/h1-7H. The smallest absolute Gasteiger partial charge is 0.255 e. The number of hydrogen-bond donors (Lipinski definition) is 0. The molecule has 0 spiro atoms. The van der Waals surface area contributed by atoms with E-state index in [1.54, 1.807) is 24.3 Å². The van der Waals surface area contributed by atoms with Gasteiger partial charge in [-0.3, -0.25) is 0 Å². The highest BCUT2D eigenvalue weighted by Crippen LogP contribution is 2.20. The third-order valence-corrected chi connectivity index (χ3v) is 1.79. The largest absolute Gasteiger partial charge is 0.436 e. The first-order valence-electron chi connectivity index (χ1n) is 4.39. The summed E-state index contributed by atoms with van der Waals surface area (Å²) in [4.78, 5) is 3.75. The summed E-state index contributed by atoms with van der Waals surface area (Å²) in [5.74, 6) is -0.108. The van der Waals surface area contributed by atoms with Gasteiger partial charge in [0.25, 0.3) is 5.88 Å². The molecule has 72 valence electrons. The number of halogens is 1. The molecule has 2 aromatic rings. The second kappa shape index (κ2) is 4.13. The highest BCUT2D eigenvalue weighted by Gasteiger charge is 2.05. The summed E-state index contributed by atoms with van der Waals surface area (Å²) in [6.07, 6.45) is 1.35. The van der Waals surface area contributed by atoms with Gasteiger partial charge in [0.1, 0.15) is 13.6 Å². The zero-order valence-corrected chi connectivity index (χ0v) is 7.85. The molecule has 1 aromatic carbocycles. The predicted octanol–water partition coefficient (Wildman–Crippen LogP) is 1.81. The minimum absolute atomic E-state index is 0.0737. The van der Waals surface area contributed by atoms with Crippen LogP contribution in [-0.2, 0) is 0 Å². The second-order valence-corrected chi connectivity index (χ2v) is 2.97. The Morgan fingerprint density at radius 1 is 1.20 bits per heavy atom. The maximum absolute atomic E-state index is 13.3. The Hall–Kier alpha value is -1.84. The topological polar surface area (TPSA) is 22.1 Å². The first kappa shape index (κ1) is 9.71. The van der Waals surface area contributed by atoms with E-state index in [2.05, 4.69) is 4.98 Å². The molecular weight excluding hydrogens is 192 g/mol. The van der Waals surface area contributed by atoms with Gasteiger partial charge in [-0.1, -0.05) is 23.7 Å². The molecule has 0 atom stereocenters. The minimum Gasteiger partial charge on any atom is -0.436 e. The van der Waals surface area contributed by atoms with E-state index in [9.17, 15) is 4.39 Å². The molecular formula is C11H7BFNO. The van der Waals surface area contributed by atoms with Gasteiger partial charge in [0.2, 0.25) is 0 Å². The van der Waals surface area contributed by atoms with Crippen molar-refractivity contribution in [3.63, 3.8) is 0 Å². The van der Waals surface area contributed by atoms with Crippen LogP contribution in [0.5, 0.6) is 11.6 Å². The average molecular weight is 199 g/mol. The third kappa shape index (κ3) is 2.34. The lowest BCUT2D eigenvalue weighted by molar-refractivity contribution is 0.423. The van der Waals surface area contributed by atoms with Gasteiger partial charge in [-0.05, 0) is 18.2 Å². The molecule has 1 aromatic heterocycles. The zero-order chi connectivity index (χ0) is 10.7. The Balaban J connectivity index is 2.25. The normalized spacial score (nSPS) is 9.93. The van der Waals surface area contributed by atoms with Crippen molar-refractivity contribution in [3.05, 3.63) is 48.4 Å². The Bertz CT molecular complexity index is 461. The SMILES string of the molecule is [B]c1cnc(Oc2ccccc2)c(F)c1. The molecule has 0 bridgehead atoms. The lowest BCUT2D eigenvalue weighted by atomic mass is 9.99. The Kier molecular flexibility index (Phi) is 2.67. The molecule has 0 aliphatic rings. The molecule has 4 heteroatoms. The van der Waals surface area contributed by atoms with Crippen molar-refractivity contribution in [1.29, 1.82) is 0 Å². The number of benzene rings is 1. The van der Waals surface area contributed by atoms with Crippen molar-refractivity contribution in [2.75, 3.05) is 0 Å². The van der Waals surface area contributed by atoms with Crippen LogP contribution >= 0.6 is 0 Å². The van der Waals surface area contributed by atoms with Gasteiger partial charge in [-0.15, -0.1) is 0 Å². The van der Waals surface area contributed by atoms with Gasteiger partial charge in [0, 0.05) is 6.20 Å². The van der Waals surface area contributed by atoms with Crippen LogP contribution in [0, 0.1) is 5.82 Å². The summed E-state index contributed by atoms with van der Waals surface area (Å²) >= 11 is 0. The Morgan fingerprint density at radius 2 is 1.93 bits per heavy atom. The maximum Gasteiger partial charge on any atom is 0.255 e. The van der Waals surface area contributed by atoms with Crippen LogP contribution in [-0.4, -0.2) is 12.8 Å². The number of para-hydroxylation sites is 1. The highest BCUT2D eigenvalue weighted by molar-refractivity contribution is 6.32. The first-order chi connectivity index (χ1) is 7.25. The highest BCUT2D eigenvalue weighted by atomic mass is 19.1. The van der Waals surface area contributed by atoms with Crippen LogP contribution in [0.25, 0.3) is 0 Å². The van der Waals surface area contributed by atoms with Gasteiger partial charge >= 0.3 is 0 Å². The quantitative estimate of drug-likeness (QED) is 0.688. The van der Waals surface area contributed by atoms with Crippen molar-refractivity contribution < 1.29 is 9.13 Å². The van der Waals surface area contributed by atoms with E-state index >= 15 is 0 Å². The van der Waals surface area contributed by atoms with E-state index in [-0.39, 0.29) is 11.3 Å². The van der Waals surface area contributed by atoms with E-state index < -0.39 is 5.82 Å². The third-order valence-electron chi connectivity index (χ3n) is 1.79. The molecule has 0 saturated heterocycles. The van der Waals surface area contributed by atoms with Crippen LogP contribution in [0.2, 0.25) is 0 Å². The molecule has 0 N–H and O–H groups in total. The van der Waals surface area contributed by atoms with Crippen LogP contribution in [0.4, 0.5) is 4.39 Å². The van der Waals surface area contributed by atoms with Crippen LogP contribution < -0.4 is 10.2 Å². The summed E-state index contributed by atoms with van der Waals surface area (Å²) in [5.41, 5.74) is 0.271. The number of nitrogens with zero attached hydrogens (tertiary/aromatic N) is 1. The molecule has 2 rings (SSSR count). The second-order valence-electron chi connectivity index (χ2n) is 2.97. The van der Waals surface area contributed by atoms with Gasteiger partial charge in [-0.2, -0.15) is 0 Å². The molecule has 0 fully saturated rings. The Labute approximate surface area is 88.1 Å². The predicted molar refractivity (Wildman–Crippen MR) is 56.1 cm³/mol. The first-order valence-corrected chi connectivity index (χ1v) is 4.39. The molecule has 0 saturated carbocycles. The lowest BCUT2D eigenvalue weighted by Crippen LogP contribution is -2.05. The number of rotatable bonds is 2. The van der Waals surface area contributed by atoms with E-state index in [4.69, 9.17) is 12.6 Å². The maximum atomic E-state index is 13.3. The fourth-order valence-electron chi connectivity index (χ4n) is 1.12. The van der Waals surface area contributed by atoms with Gasteiger partial charge < -0.3 is 4.74 Å². The van der Waals surface area contributed by atoms with E-state index in [0.717, 1.165) is 0 Å². The van der Waals surface area contributed by atoms with E-state index in [1.165, 1.54) is 12.3 Å².